The van der Waals surface area contributed by atoms with Crippen LogP contribution in [0.3, 0.4) is 0 Å². The summed E-state index contributed by atoms with van der Waals surface area (Å²) in [7, 11) is 0. The lowest BCUT2D eigenvalue weighted by atomic mass is 10.0. The Hall–Kier alpha value is -0.870. The normalized spacial score (nSPS) is 22.5. The van der Waals surface area contributed by atoms with E-state index >= 15 is 0 Å². The van der Waals surface area contributed by atoms with Gasteiger partial charge in [-0.1, -0.05) is 0 Å². The first kappa shape index (κ1) is 11.6. The molecule has 0 spiro atoms. The molecule has 1 saturated heterocycles. The summed E-state index contributed by atoms with van der Waals surface area (Å²) in [5.74, 6) is 0. The number of ether oxygens (including phenoxy) is 1. The van der Waals surface area contributed by atoms with Crippen molar-refractivity contribution in [2.45, 2.75) is 51.3 Å². The summed E-state index contributed by atoms with van der Waals surface area (Å²) in [6, 6.07) is 2.11. The Bertz CT molecular complexity index is 318. The first-order valence-electron chi connectivity index (χ1n) is 6.20. The van der Waals surface area contributed by atoms with Crippen LogP contribution >= 0.6 is 0 Å². The second kappa shape index (κ2) is 5.46. The molecule has 2 unspecified atom stereocenters. The second-order valence-electron chi connectivity index (χ2n) is 4.39. The third-order valence-corrected chi connectivity index (χ3v) is 3.25. The van der Waals surface area contributed by atoms with Gasteiger partial charge in [-0.25, -0.2) is 0 Å². The molecule has 0 radical (unpaired) electrons. The Morgan fingerprint density at radius 3 is 3.25 bits per heavy atom. The van der Waals surface area contributed by atoms with Crippen LogP contribution in [0.2, 0.25) is 0 Å². The fourth-order valence-corrected chi connectivity index (χ4v) is 2.31. The maximum Gasteiger partial charge on any atom is 0.0576 e. The fourth-order valence-electron chi connectivity index (χ4n) is 2.31. The van der Waals surface area contributed by atoms with Crippen LogP contribution in [0.4, 0.5) is 0 Å². The van der Waals surface area contributed by atoms with Crippen LogP contribution in [0.15, 0.2) is 12.3 Å². The monoisotopic (exact) mass is 223 g/mol. The van der Waals surface area contributed by atoms with Crippen molar-refractivity contribution in [2.75, 3.05) is 6.61 Å². The smallest absolute Gasteiger partial charge is 0.0576 e. The molecule has 2 rings (SSSR count). The molecule has 1 aromatic heterocycles. The summed E-state index contributed by atoms with van der Waals surface area (Å²) < 4.78 is 7.57. The lowest BCUT2D eigenvalue weighted by Gasteiger charge is -2.15. The Labute approximate surface area is 96.8 Å². The minimum Gasteiger partial charge on any atom is -0.378 e. The Balaban J connectivity index is 1.84. The maximum atomic E-state index is 6.18. The van der Waals surface area contributed by atoms with Gasteiger partial charge in [0.2, 0.25) is 0 Å². The molecule has 4 heteroatoms. The van der Waals surface area contributed by atoms with E-state index in [9.17, 15) is 0 Å². The predicted octanol–water partition coefficient (Wildman–Crippen LogP) is 1.86. The van der Waals surface area contributed by atoms with Crippen molar-refractivity contribution in [1.82, 2.24) is 9.78 Å². The van der Waals surface area contributed by atoms with Gasteiger partial charge in [0, 0.05) is 25.4 Å². The highest BCUT2D eigenvalue weighted by atomic mass is 16.5. The molecule has 1 aliphatic rings. The summed E-state index contributed by atoms with van der Waals surface area (Å²) in [5.41, 5.74) is 7.32. The van der Waals surface area contributed by atoms with Crippen LogP contribution < -0.4 is 5.73 Å². The molecule has 4 nitrogen and oxygen atoms in total. The van der Waals surface area contributed by atoms with Crippen molar-refractivity contribution in [1.29, 1.82) is 0 Å². The number of nitrogens with two attached hydrogens (primary N) is 1. The van der Waals surface area contributed by atoms with Crippen molar-refractivity contribution in [2.24, 2.45) is 5.73 Å². The number of hydrogen-bond donors (Lipinski definition) is 1. The zero-order valence-electron chi connectivity index (χ0n) is 9.93. The van der Waals surface area contributed by atoms with E-state index in [0.29, 0.717) is 6.10 Å². The molecule has 1 fully saturated rings. The molecule has 0 amide bonds. The van der Waals surface area contributed by atoms with E-state index in [-0.39, 0.29) is 6.04 Å². The molecule has 16 heavy (non-hydrogen) atoms. The van der Waals surface area contributed by atoms with Crippen LogP contribution in [0.5, 0.6) is 0 Å². The first-order chi connectivity index (χ1) is 7.81. The topological polar surface area (TPSA) is 53.1 Å². The van der Waals surface area contributed by atoms with Gasteiger partial charge >= 0.3 is 0 Å². The zero-order valence-corrected chi connectivity index (χ0v) is 9.93. The van der Waals surface area contributed by atoms with Gasteiger partial charge in [0.05, 0.1) is 11.8 Å². The van der Waals surface area contributed by atoms with E-state index in [1.54, 1.807) is 0 Å². The average molecular weight is 223 g/mol. The van der Waals surface area contributed by atoms with Gasteiger partial charge in [-0.2, -0.15) is 5.10 Å². The molecular weight excluding hydrogens is 202 g/mol. The maximum absolute atomic E-state index is 6.18. The number of hydrogen-bond acceptors (Lipinski definition) is 3. The SMILES string of the molecule is CCn1nccc1C(N)CCC1CCCO1. The number of aromatic nitrogens is 2. The second-order valence-corrected chi connectivity index (χ2v) is 4.39. The first-order valence-corrected chi connectivity index (χ1v) is 6.20. The number of nitrogens with zero attached hydrogens (tertiary/aromatic N) is 2. The molecule has 2 heterocycles. The zero-order chi connectivity index (χ0) is 11.4. The summed E-state index contributed by atoms with van der Waals surface area (Å²) >= 11 is 0. The minimum atomic E-state index is 0.0895. The summed E-state index contributed by atoms with van der Waals surface area (Å²) in [6.45, 7) is 3.89. The van der Waals surface area contributed by atoms with E-state index in [1.807, 2.05) is 16.9 Å². The van der Waals surface area contributed by atoms with Crippen molar-refractivity contribution in [3.63, 3.8) is 0 Å². The molecule has 1 aliphatic heterocycles. The summed E-state index contributed by atoms with van der Waals surface area (Å²) in [5, 5.41) is 4.24. The summed E-state index contributed by atoms with van der Waals surface area (Å²) in [4.78, 5) is 0. The van der Waals surface area contributed by atoms with Crippen LogP contribution in [-0.4, -0.2) is 22.5 Å². The standard InChI is InChI=1S/C12H21N3O/c1-2-15-12(7-8-14-15)11(13)6-5-10-4-3-9-16-10/h7-8,10-11H,2-6,9,13H2,1H3. The van der Waals surface area contributed by atoms with Gasteiger partial charge in [0.15, 0.2) is 0 Å². The van der Waals surface area contributed by atoms with E-state index in [4.69, 9.17) is 10.5 Å². The molecule has 0 saturated carbocycles. The molecule has 0 bridgehead atoms. The van der Waals surface area contributed by atoms with E-state index in [0.717, 1.165) is 31.7 Å². The predicted molar refractivity (Wildman–Crippen MR) is 63.0 cm³/mol. The van der Waals surface area contributed by atoms with Gasteiger partial charge in [-0.15, -0.1) is 0 Å². The number of aryl methyl sites for hydroxylation is 1. The van der Waals surface area contributed by atoms with Crippen LogP contribution in [-0.2, 0) is 11.3 Å². The van der Waals surface area contributed by atoms with Gasteiger partial charge < -0.3 is 10.5 Å². The third kappa shape index (κ3) is 2.62. The van der Waals surface area contributed by atoms with Crippen LogP contribution in [0, 0.1) is 0 Å². The molecule has 90 valence electrons. The molecule has 0 aliphatic carbocycles. The van der Waals surface area contributed by atoms with E-state index < -0.39 is 0 Å². The van der Waals surface area contributed by atoms with Crippen molar-refractivity contribution in [3.8, 4) is 0 Å². The van der Waals surface area contributed by atoms with Crippen molar-refractivity contribution < 1.29 is 4.74 Å². The highest BCUT2D eigenvalue weighted by molar-refractivity contribution is 5.06. The van der Waals surface area contributed by atoms with Crippen molar-refractivity contribution in [3.05, 3.63) is 18.0 Å². The Morgan fingerprint density at radius 2 is 2.56 bits per heavy atom. The van der Waals surface area contributed by atoms with Crippen LogP contribution in [0.1, 0.15) is 44.3 Å². The van der Waals surface area contributed by atoms with Gasteiger partial charge in [-0.3, -0.25) is 4.68 Å². The molecule has 0 aromatic carbocycles. The lowest BCUT2D eigenvalue weighted by Crippen LogP contribution is -2.18. The number of rotatable bonds is 5. The van der Waals surface area contributed by atoms with E-state index in [1.165, 1.54) is 12.8 Å². The highest BCUT2D eigenvalue weighted by Gasteiger charge is 2.18. The minimum absolute atomic E-state index is 0.0895. The molecular formula is C12H21N3O. The Morgan fingerprint density at radius 1 is 1.69 bits per heavy atom. The lowest BCUT2D eigenvalue weighted by molar-refractivity contribution is 0.100. The van der Waals surface area contributed by atoms with Gasteiger partial charge in [0.25, 0.3) is 0 Å². The molecule has 1 aromatic rings. The van der Waals surface area contributed by atoms with Crippen LogP contribution in [0.25, 0.3) is 0 Å². The molecule has 2 atom stereocenters. The van der Waals surface area contributed by atoms with Crippen molar-refractivity contribution >= 4 is 0 Å². The summed E-state index contributed by atoms with van der Waals surface area (Å²) in [6.07, 6.45) is 6.70. The van der Waals surface area contributed by atoms with E-state index in [2.05, 4.69) is 12.0 Å². The Kier molecular flexibility index (Phi) is 3.96. The highest BCUT2D eigenvalue weighted by Crippen LogP contribution is 2.22. The third-order valence-electron chi connectivity index (χ3n) is 3.25. The van der Waals surface area contributed by atoms with Gasteiger partial charge in [0.1, 0.15) is 0 Å². The average Bonchev–Trinajstić information content (AvgIpc) is 2.96. The largest absolute Gasteiger partial charge is 0.378 e. The van der Waals surface area contributed by atoms with Gasteiger partial charge in [-0.05, 0) is 38.7 Å². The fraction of sp³-hybridized carbons (Fsp3) is 0.750. The quantitative estimate of drug-likeness (QED) is 0.829. The molecule has 2 N–H and O–H groups in total.